The highest BCUT2D eigenvalue weighted by Gasteiger charge is 2.18. The minimum atomic E-state index is 0.0111. The molecule has 0 bridgehead atoms. The topological polar surface area (TPSA) is 55.6 Å². The summed E-state index contributed by atoms with van der Waals surface area (Å²) in [5.74, 6) is 0.659. The molecule has 1 amide bonds. The van der Waals surface area contributed by atoms with E-state index in [1.807, 2.05) is 11.8 Å². The zero-order valence-electron chi connectivity index (χ0n) is 11.5. The smallest absolute Gasteiger partial charge is 0.254 e. The van der Waals surface area contributed by atoms with Gasteiger partial charge in [0, 0.05) is 30.4 Å². The zero-order chi connectivity index (χ0) is 13.8. The van der Waals surface area contributed by atoms with Gasteiger partial charge in [-0.3, -0.25) is 4.79 Å². The molecule has 0 aromatic heterocycles. The Balaban J connectivity index is 2.19. The third-order valence-corrected chi connectivity index (χ3v) is 3.21. The van der Waals surface area contributed by atoms with E-state index in [0.29, 0.717) is 30.2 Å². The van der Waals surface area contributed by atoms with E-state index in [9.17, 15) is 4.79 Å². The minimum absolute atomic E-state index is 0.0111. The van der Waals surface area contributed by atoms with Gasteiger partial charge in [0.2, 0.25) is 0 Å². The first kappa shape index (κ1) is 13.5. The van der Waals surface area contributed by atoms with Crippen LogP contribution in [0.25, 0.3) is 0 Å². The van der Waals surface area contributed by atoms with Crippen molar-refractivity contribution in [2.75, 3.05) is 25.4 Å². The van der Waals surface area contributed by atoms with Gasteiger partial charge in [0.1, 0.15) is 5.75 Å². The number of benzene rings is 1. The summed E-state index contributed by atoms with van der Waals surface area (Å²) in [6.07, 6.45) is 3.03. The maximum absolute atomic E-state index is 12.4. The van der Waals surface area contributed by atoms with Crippen molar-refractivity contribution in [3.05, 3.63) is 35.4 Å². The molecule has 4 nitrogen and oxygen atoms in total. The van der Waals surface area contributed by atoms with Crippen molar-refractivity contribution in [2.24, 2.45) is 0 Å². The average Bonchev–Trinajstić information content (AvgIpc) is 2.38. The molecule has 0 saturated carbocycles. The summed E-state index contributed by atoms with van der Waals surface area (Å²) >= 11 is 0. The van der Waals surface area contributed by atoms with E-state index < -0.39 is 0 Å². The van der Waals surface area contributed by atoms with Crippen molar-refractivity contribution in [3.8, 4) is 5.75 Å². The van der Waals surface area contributed by atoms with Crippen LogP contribution in [-0.2, 0) is 0 Å². The Morgan fingerprint density at radius 2 is 2.21 bits per heavy atom. The van der Waals surface area contributed by atoms with Crippen LogP contribution in [0.1, 0.15) is 30.6 Å². The van der Waals surface area contributed by atoms with Crippen LogP contribution in [0.5, 0.6) is 5.75 Å². The van der Waals surface area contributed by atoms with Gasteiger partial charge < -0.3 is 15.4 Å². The van der Waals surface area contributed by atoms with Gasteiger partial charge in [-0.1, -0.05) is 11.6 Å². The van der Waals surface area contributed by atoms with Crippen LogP contribution in [0.3, 0.4) is 0 Å². The lowest BCUT2D eigenvalue weighted by atomic mass is 10.1. The molecule has 0 radical (unpaired) electrons. The summed E-state index contributed by atoms with van der Waals surface area (Å²) in [4.78, 5) is 14.2. The predicted molar refractivity (Wildman–Crippen MR) is 76.3 cm³/mol. The van der Waals surface area contributed by atoms with Crippen molar-refractivity contribution < 1.29 is 9.53 Å². The van der Waals surface area contributed by atoms with Crippen LogP contribution in [0.15, 0.2) is 29.8 Å². The molecule has 0 fully saturated rings. The first-order valence-corrected chi connectivity index (χ1v) is 6.58. The first-order valence-electron chi connectivity index (χ1n) is 6.58. The molecule has 0 atom stereocenters. The Morgan fingerprint density at radius 1 is 1.42 bits per heavy atom. The minimum Gasteiger partial charge on any atom is -0.494 e. The second-order valence-electron chi connectivity index (χ2n) is 4.78. The molecule has 1 heterocycles. The molecule has 19 heavy (non-hydrogen) atoms. The molecule has 0 aliphatic carbocycles. The monoisotopic (exact) mass is 260 g/mol. The molecule has 2 N–H and O–H groups in total. The van der Waals surface area contributed by atoms with Crippen molar-refractivity contribution in [3.63, 3.8) is 0 Å². The summed E-state index contributed by atoms with van der Waals surface area (Å²) in [7, 11) is 0. The number of nitrogens with two attached hydrogens (primary N) is 1. The number of hydrogen-bond acceptors (Lipinski definition) is 3. The highest BCUT2D eigenvalue weighted by Crippen LogP contribution is 2.21. The fourth-order valence-electron chi connectivity index (χ4n) is 2.13. The maximum Gasteiger partial charge on any atom is 0.254 e. The molecule has 1 aliphatic rings. The lowest BCUT2D eigenvalue weighted by Crippen LogP contribution is -2.34. The van der Waals surface area contributed by atoms with Gasteiger partial charge in [0.25, 0.3) is 5.91 Å². The maximum atomic E-state index is 12.4. The van der Waals surface area contributed by atoms with Crippen LogP contribution >= 0.6 is 0 Å². The fourth-order valence-corrected chi connectivity index (χ4v) is 2.13. The van der Waals surface area contributed by atoms with Crippen molar-refractivity contribution >= 4 is 11.6 Å². The van der Waals surface area contributed by atoms with Crippen LogP contribution in [0.2, 0.25) is 0 Å². The van der Waals surface area contributed by atoms with Crippen molar-refractivity contribution in [2.45, 2.75) is 20.3 Å². The van der Waals surface area contributed by atoms with E-state index in [1.54, 1.807) is 18.2 Å². The van der Waals surface area contributed by atoms with Gasteiger partial charge in [0.15, 0.2) is 0 Å². The quantitative estimate of drug-likeness (QED) is 0.671. The van der Waals surface area contributed by atoms with Crippen LogP contribution in [0.4, 0.5) is 5.69 Å². The van der Waals surface area contributed by atoms with Gasteiger partial charge in [0.05, 0.1) is 6.61 Å². The highest BCUT2D eigenvalue weighted by atomic mass is 16.5. The standard InChI is InChI=1S/C15H20N2O2/c1-3-19-14-9-12(8-13(16)10-14)15(18)17-6-4-11(2)5-7-17/h4,8-10H,3,5-7,16H2,1-2H3. The van der Waals surface area contributed by atoms with Crippen molar-refractivity contribution in [1.29, 1.82) is 0 Å². The molecule has 0 saturated heterocycles. The third kappa shape index (κ3) is 3.28. The number of ether oxygens (including phenoxy) is 1. The van der Waals surface area contributed by atoms with E-state index in [2.05, 4.69) is 13.0 Å². The molecular weight excluding hydrogens is 240 g/mol. The van der Waals surface area contributed by atoms with E-state index in [1.165, 1.54) is 5.57 Å². The highest BCUT2D eigenvalue weighted by molar-refractivity contribution is 5.95. The Kier molecular flexibility index (Phi) is 4.10. The molecule has 2 rings (SSSR count). The van der Waals surface area contributed by atoms with E-state index in [4.69, 9.17) is 10.5 Å². The summed E-state index contributed by atoms with van der Waals surface area (Å²) in [5, 5.41) is 0. The van der Waals surface area contributed by atoms with Gasteiger partial charge in [-0.25, -0.2) is 0 Å². The summed E-state index contributed by atoms with van der Waals surface area (Å²) < 4.78 is 5.42. The molecule has 1 aliphatic heterocycles. The van der Waals surface area contributed by atoms with E-state index >= 15 is 0 Å². The predicted octanol–water partition coefficient (Wildman–Crippen LogP) is 2.46. The van der Waals surface area contributed by atoms with Crippen LogP contribution in [0, 0.1) is 0 Å². The van der Waals surface area contributed by atoms with E-state index in [0.717, 1.165) is 13.0 Å². The molecule has 102 valence electrons. The number of carbonyl (C=O) groups excluding carboxylic acids is 1. The summed E-state index contributed by atoms with van der Waals surface area (Å²) in [6.45, 7) is 5.99. The number of anilines is 1. The lowest BCUT2D eigenvalue weighted by Gasteiger charge is -2.25. The van der Waals surface area contributed by atoms with Crippen molar-refractivity contribution in [1.82, 2.24) is 4.90 Å². The largest absolute Gasteiger partial charge is 0.494 e. The number of amides is 1. The second kappa shape index (κ2) is 5.78. The number of nitrogen functional groups attached to an aromatic ring is 1. The fraction of sp³-hybridized carbons (Fsp3) is 0.400. The third-order valence-electron chi connectivity index (χ3n) is 3.21. The van der Waals surface area contributed by atoms with Gasteiger partial charge in [-0.15, -0.1) is 0 Å². The Bertz CT molecular complexity index is 509. The number of hydrogen-bond donors (Lipinski definition) is 1. The molecule has 0 spiro atoms. The Labute approximate surface area is 113 Å². The first-order chi connectivity index (χ1) is 9.10. The Morgan fingerprint density at radius 3 is 2.84 bits per heavy atom. The average molecular weight is 260 g/mol. The van der Waals surface area contributed by atoms with Crippen LogP contribution in [-0.4, -0.2) is 30.5 Å². The number of rotatable bonds is 3. The molecular formula is C15H20N2O2. The molecule has 4 heteroatoms. The SMILES string of the molecule is CCOc1cc(N)cc(C(=O)N2CC=C(C)CC2)c1. The molecule has 0 unspecified atom stereocenters. The zero-order valence-corrected chi connectivity index (χ0v) is 11.5. The Hall–Kier alpha value is -1.97. The van der Waals surface area contributed by atoms with Gasteiger partial charge >= 0.3 is 0 Å². The summed E-state index contributed by atoms with van der Waals surface area (Å²) in [5.41, 5.74) is 8.30. The van der Waals surface area contributed by atoms with E-state index in [-0.39, 0.29) is 5.91 Å². The van der Waals surface area contributed by atoms with Gasteiger partial charge in [-0.05, 0) is 32.4 Å². The van der Waals surface area contributed by atoms with Gasteiger partial charge in [-0.2, -0.15) is 0 Å². The summed E-state index contributed by atoms with van der Waals surface area (Å²) in [6, 6.07) is 5.20. The number of carbonyl (C=O) groups is 1. The normalized spacial score (nSPS) is 15.1. The lowest BCUT2D eigenvalue weighted by molar-refractivity contribution is 0.0768. The second-order valence-corrected chi connectivity index (χ2v) is 4.78. The molecule has 1 aromatic carbocycles. The van der Waals surface area contributed by atoms with Crippen LogP contribution < -0.4 is 10.5 Å². The molecule has 1 aromatic rings. The number of nitrogens with zero attached hydrogens (tertiary/aromatic N) is 1.